The highest BCUT2D eigenvalue weighted by atomic mass is 19.1. The molecule has 3 heteroatoms. The minimum absolute atomic E-state index is 0.0657. The van der Waals surface area contributed by atoms with Gasteiger partial charge in [-0.25, -0.2) is 4.39 Å². The number of aryl methyl sites for hydroxylation is 1. The van der Waals surface area contributed by atoms with Crippen molar-refractivity contribution >= 4 is 11.6 Å². The Morgan fingerprint density at radius 2 is 2.20 bits per heavy atom. The number of amides is 1. The smallest absolute Gasteiger partial charge is 0.227 e. The number of carbonyl (C=O) groups excluding carboxylic acids is 1. The van der Waals surface area contributed by atoms with Gasteiger partial charge < -0.3 is 5.32 Å². The highest BCUT2D eigenvalue weighted by Crippen LogP contribution is 2.28. The van der Waals surface area contributed by atoms with Crippen LogP contribution in [0.15, 0.2) is 18.2 Å². The molecule has 1 amide bonds. The van der Waals surface area contributed by atoms with Gasteiger partial charge in [0, 0.05) is 11.6 Å². The molecule has 0 radical (unpaired) electrons. The first-order chi connectivity index (χ1) is 7.16. The lowest BCUT2D eigenvalue weighted by molar-refractivity contribution is -0.122. The van der Waals surface area contributed by atoms with Crippen LogP contribution in [0.1, 0.15) is 24.8 Å². The quantitative estimate of drug-likeness (QED) is 0.793. The molecule has 0 aliphatic heterocycles. The highest BCUT2D eigenvalue weighted by Gasteiger charge is 2.25. The van der Waals surface area contributed by atoms with Crippen LogP contribution in [-0.4, -0.2) is 5.91 Å². The van der Waals surface area contributed by atoms with Crippen molar-refractivity contribution in [2.45, 2.75) is 26.2 Å². The molecule has 1 fully saturated rings. The second-order valence-electron chi connectivity index (χ2n) is 4.08. The minimum Gasteiger partial charge on any atom is -0.326 e. The molecule has 15 heavy (non-hydrogen) atoms. The van der Waals surface area contributed by atoms with Gasteiger partial charge >= 0.3 is 0 Å². The second-order valence-corrected chi connectivity index (χ2v) is 4.08. The van der Waals surface area contributed by atoms with E-state index in [9.17, 15) is 9.18 Å². The molecule has 0 heterocycles. The molecule has 0 bridgehead atoms. The molecule has 1 aliphatic carbocycles. The number of anilines is 1. The molecular weight excluding hydrogens is 193 g/mol. The van der Waals surface area contributed by atoms with Crippen molar-refractivity contribution in [3.63, 3.8) is 0 Å². The molecule has 1 saturated carbocycles. The Kier molecular flexibility index (Phi) is 2.71. The van der Waals surface area contributed by atoms with Crippen LogP contribution in [0.2, 0.25) is 0 Å². The Balaban J connectivity index is 2.06. The SMILES string of the molecule is Cc1cc(F)ccc1NC(=O)C1CCC1. The van der Waals surface area contributed by atoms with E-state index in [0.29, 0.717) is 5.69 Å². The molecule has 2 rings (SSSR count). The maximum absolute atomic E-state index is 12.8. The van der Waals surface area contributed by atoms with Crippen LogP contribution in [0.4, 0.5) is 10.1 Å². The largest absolute Gasteiger partial charge is 0.326 e. The van der Waals surface area contributed by atoms with Crippen LogP contribution in [0, 0.1) is 18.7 Å². The molecule has 1 aliphatic rings. The van der Waals surface area contributed by atoms with E-state index < -0.39 is 0 Å². The zero-order valence-electron chi connectivity index (χ0n) is 8.72. The van der Waals surface area contributed by atoms with E-state index in [-0.39, 0.29) is 17.6 Å². The summed E-state index contributed by atoms with van der Waals surface area (Å²) in [6, 6.07) is 4.40. The maximum Gasteiger partial charge on any atom is 0.227 e. The lowest BCUT2D eigenvalue weighted by atomic mass is 9.85. The summed E-state index contributed by atoms with van der Waals surface area (Å²) in [6.45, 7) is 1.79. The van der Waals surface area contributed by atoms with Crippen LogP contribution >= 0.6 is 0 Å². The van der Waals surface area contributed by atoms with Crippen LogP contribution < -0.4 is 5.32 Å². The molecule has 1 aromatic rings. The summed E-state index contributed by atoms with van der Waals surface area (Å²) < 4.78 is 12.8. The molecule has 0 atom stereocenters. The van der Waals surface area contributed by atoms with Crippen molar-refractivity contribution in [2.24, 2.45) is 5.92 Å². The predicted octanol–water partition coefficient (Wildman–Crippen LogP) is 2.87. The number of nitrogens with one attached hydrogen (secondary N) is 1. The first-order valence-corrected chi connectivity index (χ1v) is 5.24. The number of carbonyl (C=O) groups is 1. The first-order valence-electron chi connectivity index (χ1n) is 5.24. The third kappa shape index (κ3) is 2.17. The normalized spacial score (nSPS) is 15.9. The van der Waals surface area contributed by atoms with Gasteiger partial charge in [-0.2, -0.15) is 0 Å². The lowest BCUT2D eigenvalue weighted by Crippen LogP contribution is -2.28. The van der Waals surface area contributed by atoms with Gasteiger partial charge in [0.2, 0.25) is 5.91 Å². The summed E-state index contributed by atoms with van der Waals surface area (Å²) in [5, 5.41) is 2.83. The van der Waals surface area contributed by atoms with Gasteiger partial charge in [-0.1, -0.05) is 6.42 Å². The van der Waals surface area contributed by atoms with Gasteiger partial charge in [-0.15, -0.1) is 0 Å². The van der Waals surface area contributed by atoms with E-state index >= 15 is 0 Å². The lowest BCUT2D eigenvalue weighted by Gasteiger charge is -2.24. The highest BCUT2D eigenvalue weighted by molar-refractivity contribution is 5.93. The van der Waals surface area contributed by atoms with Gasteiger partial charge in [0.05, 0.1) is 0 Å². The number of hydrogen-bond donors (Lipinski definition) is 1. The van der Waals surface area contributed by atoms with Gasteiger partial charge in [-0.3, -0.25) is 4.79 Å². The Morgan fingerprint density at radius 1 is 1.47 bits per heavy atom. The molecule has 0 unspecified atom stereocenters. The van der Waals surface area contributed by atoms with Gasteiger partial charge in [0.1, 0.15) is 5.82 Å². The molecular formula is C12H14FNO. The molecule has 1 N–H and O–H groups in total. The van der Waals surface area contributed by atoms with Gasteiger partial charge in [0.15, 0.2) is 0 Å². The molecule has 0 saturated heterocycles. The Morgan fingerprint density at radius 3 is 2.73 bits per heavy atom. The van der Waals surface area contributed by atoms with Crippen LogP contribution in [0.25, 0.3) is 0 Å². The maximum atomic E-state index is 12.8. The van der Waals surface area contributed by atoms with E-state index in [1.165, 1.54) is 12.1 Å². The van der Waals surface area contributed by atoms with Crippen molar-refractivity contribution in [1.82, 2.24) is 0 Å². The molecule has 1 aromatic carbocycles. The zero-order chi connectivity index (χ0) is 10.8. The van der Waals surface area contributed by atoms with Gasteiger partial charge in [0.25, 0.3) is 0 Å². The van der Waals surface area contributed by atoms with E-state index in [1.54, 1.807) is 13.0 Å². The average Bonchev–Trinajstić information content (AvgIpc) is 2.07. The van der Waals surface area contributed by atoms with Crippen LogP contribution in [-0.2, 0) is 4.79 Å². The summed E-state index contributed by atoms with van der Waals surface area (Å²) in [7, 11) is 0. The summed E-state index contributed by atoms with van der Waals surface area (Å²) in [5.41, 5.74) is 1.48. The average molecular weight is 207 g/mol. The summed E-state index contributed by atoms with van der Waals surface area (Å²) in [5.74, 6) is -0.0421. The standard InChI is InChI=1S/C12H14FNO/c1-8-7-10(13)5-6-11(8)14-12(15)9-3-2-4-9/h5-7,9H,2-4H2,1H3,(H,14,15). The number of rotatable bonds is 2. The van der Waals surface area contributed by atoms with Gasteiger partial charge in [-0.05, 0) is 43.5 Å². The van der Waals surface area contributed by atoms with Crippen LogP contribution in [0.5, 0.6) is 0 Å². The Bertz CT molecular complexity index is 385. The molecule has 80 valence electrons. The number of benzene rings is 1. The fraction of sp³-hybridized carbons (Fsp3) is 0.417. The zero-order valence-corrected chi connectivity index (χ0v) is 8.72. The van der Waals surface area contributed by atoms with Crippen molar-refractivity contribution in [2.75, 3.05) is 5.32 Å². The first kappa shape index (κ1) is 10.1. The van der Waals surface area contributed by atoms with Crippen molar-refractivity contribution in [3.8, 4) is 0 Å². The molecule has 0 aromatic heterocycles. The van der Waals surface area contributed by atoms with E-state index in [1.807, 2.05) is 0 Å². The number of hydrogen-bond acceptors (Lipinski definition) is 1. The monoisotopic (exact) mass is 207 g/mol. The Labute approximate surface area is 88.5 Å². The van der Waals surface area contributed by atoms with Crippen molar-refractivity contribution < 1.29 is 9.18 Å². The topological polar surface area (TPSA) is 29.1 Å². The van der Waals surface area contributed by atoms with E-state index in [0.717, 1.165) is 24.8 Å². The third-order valence-electron chi connectivity index (χ3n) is 2.92. The summed E-state index contributed by atoms with van der Waals surface area (Å²) >= 11 is 0. The molecule has 0 spiro atoms. The third-order valence-corrected chi connectivity index (χ3v) is 2.92. The number of halogens is 1. The van der Waals surface area contributed by atoms with Crippen molar-refractivity contribution in [1.29, 1.82) is 0 Å². The van der Waals surface area contributed by atoms with Crippen LogP contribution in [0.3, 0.4) is 0 Å². The summed E-state index contributed by atoms with van der Waals surface area (Å²) in [6.07, 6.45) is 3.10. The minimum atomic E-state index is -0.269. The molecule has 2 nitrogen and oxygen atoms in total. The van der Waals surface area contributed by atoms with E-state index in [4.69, 9.17) is 0 Å². The Hall–Kier alpha value is -1.38. The predicted molar refractivity (Wildman–Crippen MR) is 57.1 cm³/mol. The fourth-order valence-corrected chi connectivity index (χ4v) is 1.67. The van der Waals surface area contributed by atoms with Crippen molar-refractivity contribution in [3.05, 3.63) is 29.6 Å². The second kappa shape index (κ2) is 4.01. The fourth-order valence-electron chi connectivity index (χ4n) is 1.67. The summed E-state index contributed by atoms with van der Waals surface area (Å²) in [4.78, 5) is 11.6. The van der Waals surface area contributed by atoms with E-state index in [2.05, 4.69) is 5.32 Å².